The molecule has 1 saturated heterocycles. The highest BCUT2D eigenvalue weighted by atomic mass is 16.5. The summed E-state index contributed by atoms with van der Waals surface area (Å²) in [6.45, 7) is 4.05. The van der Waals surface area contributed by atoms with Crippen LogP contribution in [-0.4, -0.2) is 26.0 Å². The van der Waals surface area contributed by atoms with E-state index in [2.05, 4.69) is 12.2 Å². The first kappa shape index (κ1) is 14.1. The molecule has 0 unspecified atom stereocenters. The third-order valence-corrected chi connectivity index (χ3v) is 4.12. The third-order valence-electron chi connectivity index (χ3n) is 4.12. The zero-order valence-electron chi connectivity index (χ0n) is 11.9. The molecule has 1 fully saturated rings. The molecule has 0 saturated carbocycles. The molecule has 0 atom stereocenters. The van der Waals surface area contributed by atoms with E-state index >= 15 is 0 Å². The highest BCUT2D eigenvalue weighted by Gasteiger charge is 2.38. The highest BCUT2D eigenvalue weighted by Crippen LogP contribution is 2.37. The Morgan fingerprint density at radius 3 is 2.42 bits per heavy atom. The minimum atomic E-state index is -0.158. The van der Waals surface area contributed by atoms with Crippen LogP contribution >= 0.6 is 0 Å². The lowest BCUT2D eigenvalue weighted by Crippen LogP contribution is -2.42. The van der Waals surface area contributed by atoms with Gasteiger partial charge in [0.2, 0.25) is 0 Å². The van der Waals surface area contributed by atoms with Gasteiger partial charge in [-0.15, -0.1) is 0 Å². The van der Waals surface area contributed by atoms with Crippen molar-refractivity contribution in [2.75, 3.05) is 20.2 Å². The molecule has 0 spiro atoms. The van der Waals surface area contributed by atoms with Crippen LogP contribution in [0.2, 0.25) is 0 Å². The van der Waals surface area contributed by atoms with Gasteiger partial charge in [-0.1, -0.05) is 13.3 Å². The number of hydrogen-bond acceptors (Lipinski definition) is 3. The summed E-state index contributed by atoms with van der Waals surface area (Å²) in [7, 11) is 1.64. The Hall–Kier alpha value is -1.35. The Morgan fingerprint density at radius 1 is 1.26 bits per heavy atom. The lowest BCUT2D eigenvalue weighted by Gasteiger charge is -2.36. The SMILES string of the molecule is CCCC1(C(=O)c2ccc(OC)cc2)CCNCC1. The molecule has 0 bridgehead atoms. The van der Waals surface area contributed by atoms with Gasteiger partial charge in [0.25, 0.3) is 0 Å². The number of ether oxygens (including phenoxy) is 1. The molecule has 1 aliphatic heterocycles. The minimum absolute atomic E-state index is 0.158. The monoisotopic (exact) mass is 261 g/mol. The van der Waals surface area contributed by atoms with Gasteiger partial charge in [-0.05, 0) is 56.6 Å². The minimum Gasteiger partial charge on any atom is -0.497 e. The molecule has 0 aliphatic carbocycles. The fourth-order valence-electron chi connectivity index (χ4n) is 3.02. The van der Waals surface area contributed by atoms with E-state index < -0.39 is 0 Å². The van der Waals surface area contributed by atoms with Gasteiger partial charge in [0.15, 0.2) is 5.78 Å². The predicted molar refractivity (Wildman–Crippen MR) is 76.8 cm³/mol. The lowest BCUT2D eigenvalue weighted by molar-refractivity contribution is 0.0704. The van der Waals surface area contributed by atoms with Crippen LogP contribution in [0, 0.1) is 5.41 Å². The van der Waals surface area contributed by atoms with Crippen LogP contribution in [0.15, 0.2) is 24.3 Å². The van der Waals surface area contributed by atoms with Crippen LogP contribution in [0.1, 0.15) is 43.0 Å². The standard InChI is InChI=1S/C16H23NO2/c1-3-8-16(9-11-17-12-10-16)15(18)13-4-6-14(19-2)7-5-13/h4-7,17H,3,8-12H2,1-2H3. The number of hydrogen-bond donors (Lipinski definition) is 1. The first-order valence-electron chi connectivity index (χ1n) is 7.11. The van der Waals surface area contributed by atoms with Gasteiger partial charge in [-0.25, -0.2) is 0 Å². The number of rotatable bonds is 5. The molecule has 1 N–H and O–H groups in total. The van der Waals surface area contributed by atoms with Crippen LogP contribution in [-0.2, 0) is 0 Å². The number of carbonyl (C=O) groups is 1. The summed E-state index contributed by atoms with van der Waals surface area (Å²) in [6.07, 6.45) is 3.94. The molecule has 3 nitrogen and oxygen atoms in total. The molecule has 1 aromatic carbocycles. The van der Waals surface area contributed by atoms with Gasteiger partial charge in [-0.3, -0.25) is 4.79 Å². The average Bonchev–Trinajstić information content (AvgIpc) is 2.48. The second kappa shape index (κ2) is 6.20. The quantitative estimate of drug-likeness (QED) is 0.828. The zero-order valence-corrected chi connectivity index (χ0v) is 11.9. The van der Waals surface area contributed by atoms with Crippen LogP contribution in [0.4, 0.5) is 0 Å². The maximum Gasteiger partial charge on any atom is 0.169 e. The number of Topliss-reactive ketones (excluding diaryl/α,β-unsaturated/α-hetero) is 1. The van der Waals surface area contributed by atoms with Crippen molar-refractivity contribution in [1.82, 2.24) is 5.32 Å². The summed E-state index contributed by atoms with van der Waals surface area (Å²) in [5.41, 5.74) is 0.658. The fraction of sp³-hybridized carbons (Fsp3) is 0.562. The Balaban J connectivity index is 2.22. The van der Waals surface area contributed by atoms with Crippen LogP contribution < -0.4 is 10.1 Å². The second-order valence-electron chi connectivity index (χ2n) is 5.34. The average molecular weight is 261 g/mol. The Kier molecular flexibility index (Phi) is 4.59. The predicted octanol–water partition coefficient (Wildman–Crippen LogP) is 3.05. The van der Waals surface area contributed by atoms with E-state index in [1.54, 1.807) is 7.11 Å². The smallest absolute Gasteiger partial charge is 0.169 e. The first-order chi connectivity index (χ1) is 9.22. The molecule has 0 aromatic heterocycles. The molecule has 104 valence electrons. The summed E-state index contributed by atoms with van der Waals surface area (Å²) in [5, 5.41) is 3.35. The molecule has 2 rings (SSSR count). The molecular weight excluding hydrogens is 238 g/mol. The Labute approximate surface area is 115 Å². The summed E-state index contributed by atoms with van der Waals surface area (Å²) in [6, 6.07) is 7.52. The van der Waals surface area contributed by atoms with Crippen LogP contribution in [0.25, 0.3) is 0 Å². The number of methoxy groups -OCH3 is 1. The van der Waals surface area contributed by atoms with Crippen molar-refractivity contribution >= 4 is 5.78 Å². The zero-order chi connectivity index (χ0) is 13.7. The van der Waals surface area contributed by atoms with Crippen molar-refractivity contribution in [1.29, 1.82) is 0 Å². The molecule has 19 heavy (non-hydrogen) atoms. The van der Waals surface area contributed by atoms with Gasteiger partial charge in [0.1, 0.15) is 5.75 Å². The van der Waals surface area contributed by atoms with Crippen molar-refractivity contribution < 1.29 is 9.53 Å². The van der Waals surface area contributed by atoms with E-state index in [9.17, 15) is 4.79 Å². The van der Waals surface area contributed by atoms with Gasteiger partial charge in [0, 0.05) is 11.0 Å². The van der Waals surface area contributed by atoms with Crippen molar-refractivity contribution in [3.8, 4) is 5.75 Å². The topological polar surface area (TPSA) is 38.3 Å². The number of nitrogens with one attached hydrogen (secondary N) is 1. The molecule has 3 heteroatoms. The maximum atomic E-state index is 12.8. The number of carbonyl (C=O) groups excluding carboxylic acids is 1. The van der Waals surface area contributed by atoms with Crippen molar-refractivity contribution in [2.24, 2.45) is 5.41 Å². The molecule has 1 heterocycles. The summed E-state index contributed by atoms with van der Waals surface area (Å²) in [5.74, 6) is 1.10. The molecule has 1 aromatic rings. The summed E-state index contributed by atoms with van der Waals surface area (Å²) >= 11 is 0. The lowest BCUT2D eigenvalue weighted by atomic mass is 9.70. The van der Waals surface area contributed by atoms with Gasteiger partial charge in [-0.2, -0.15) is 0 Å². The van der Waals surface area contributed by atoms with E-state index in [1.807, 2.05) is 24.3 Å². The first-order valence-corrected chi connectivity index (χ1v) is 7.11. The normalized spacial score (nSPS) is 18.0. The van der Waals surface area contributed by atoms with Gasteiger partial charge in [0.05, 0.1) is 7.11 Å². The number of benzene rings is 1. The number of piperidine rings is 1. The van der Waals surface area contributed by atoms with Crippen LogP contribution in [0.5, 0.6) is 5.75 Å². The van der Waals surface area contributed by atoms with E-state index in [1.165, 1.54) is 0 Å². The van der Waals surface area contributed by atoms with Gasteiger partial charge < -0.3 is 10.1 Å². The summed E-state index contributed by atoms with van der Waals surface area (Å²) < 4.78 is 5.15. The van der Waals surface area contributed by atoms with E-state index in [0.717, 1.165) is 50.1 Å². The highest BCUT2D eigenvalue weighted by molar-refractivity contribution is 6.00. The second-order valence-corrected chi connectivity index (χ2v) is 5.34. The van der Waals surface area contributed by atoms with Crippen molar-refractivity contribution in [2.45, 2.75) is 32.6 Å². The maximum absolute atomic E-state index is 12.8. The fourth-order valence-corrected chi connectivity index (χ4v) is 3.02. The largest absolute Gasteiger partial charge is 0.497 e. The van der Waals surface area contributed by atoms with Gasteiger partial charge >= 0.3 is 0 Å². The van der Waals surface area contributed by atoms with E-state index in [-0.39, 0.29) is 5.41 Å². The van der Waals surface area contributed by atoms with E-state index in [4.69, 9.17) is 4.74 Å². The van der Waals surface area contributed by atoms with Crippen molar-refractivity contribution in [3.63, 3.8) is 0 Å². The molecule has 1 aliphatic rings. The number of ketones is 1. The Bertz CT molecular complexity index is 413. The molecule has 0 amide bonds. The van der Waals surface area contributed by atoms with E-state index in [0.29, 0.717) is 5.78 Å². The Morgan fingerprint density at radius 2 is 1.89 bits per heavy atom. The van der Waals surface area contributed by atoms with Crippen LogP contribution in [0.3, 0.4) is 0 Å². The molecule has 0 radical (unpaired) electrons. The third kappa shape index (κ3) is 2.98. The van der Waals surface area contributed by atoms with Crippen molar-refractivity contribution in [3.05, 3.63) is 29.8 Å². The molecular formula is C16H23NO2. The summed E-state index contributed by atoms with van der Waals surface area (Å²) in [4.78, 5) is 12.8.